The number of unbranched alkanes of at least 4 members (excludes halogenated alkanes) is 7. The Bertz CT molecular complexity index is 498. The van der Waals surface area contributed by atoms with Crippen molar-refractivity contribution in [2.24, 2.45) is 10.9 Å². The van der Waals surface area contributed by atoms with Gasteiger partial charge in [0.15, 0.2) is 5.54 Å². The molecular formula is C21H40N2O6. The van der Waals surface area contributed by atoms with Gasteiger partial charge >= 0.3 is 5.97 Å². The molecule has 0 aromatic heterocycles. The van der Waals surface area contributed by atoms with Gasteiger partial charge < -0.3 is 31.4 Å². The smallest absolute Gasteiger partial charge is 0.328 e. The van der Waals surface area contributed by atoms with E-state index in [1.807, 2.05) is 6.08 Å². The first-order valence-corrected chi connectivity index (χ1v) is 10.7. The molecule has 0 aromatic carbocycles. The first-order valence-electron chi connectivity index (χ1n) is 10.7. The van der Waals surface area contributed by atoms with E-state index < -0.39 is 30.3 Å². The Balaban J connectivity index is 3.90. The van der Waals surface area contributed by atoms with E-state index in [1.165, 1.54) is 19.3 Å². The molecule has 0 radical (unpaired) electrons. The number of nitrogens with two attached hydrogens (primary N) is 1. The van der Waals surface area contributed by atoms with Crippen LogP contribution < -0.4 is 5.73 Å². The highest BCUT2D eigenvalue weighted by molar-refractivity contribution is 5.83. The number of allylic oxidation sites excluding steroid dienone is 1. The van der Waals surface area contributed by atoms with E-state index >= 15 is 0 Å². The number of carboxylic acids is 1. The first-order chi connectivity index (χ1) is 13.8. The lowest BCUT2D eigenvalue weighted by Gasteiger charge is -2.30. The molecule has 0 aliphatic rings. The number of carbonyl (C=O) groups is 1. The maximum atomic E-state index is 11.0. The Morgan fingerprint density at radius 2 is 1.62 bits per heavy atom. The number of aliphatic carboxylic acids is 1. The lowest BCUT2D eigenvalue weighted by molar-refractivity contribution is -0.154. The monoisotopic (exact) mass is 416 g/mol. The number of aliphatic hydroxyl groups is 3. The van der Waals surface area contributed by atoms with Crippen LogP contribution in [-0.2, 0) is 4.79 Å². The van der Waals surface area contributed by atoms with Gasteiger partial charge in [-0.15, -0.1) is 0 Å². The Kier molecular flexibility index (Phi) is 15.5. The van der Waals surface area contributed by atoms with Gasteiger partial charge in [-0.1, -0.05) is 56.3 Å². The van der Waals surface area contributed by atoms with Crippen LogP contribution in [0.25, 0.3) is 0 Å². The fraction of sp³-hybridized carbons (Fsp3) is 0.810. The van der Waals surface area contributed by atoms with Crippen molar-refractivity contribution < 1.29 is 30.4 Å². The van der Waals surface area contributed by atoms with Crippen LogP contribution in [0.5, 0.6) is 0 Å². The van der Waals surface area contributed by atoms with Crippen LogP contribution in [0.1, 0.15) is 84.0 Å². The predicted octanol–water partition coefficient (Wildman–Crippen LogP) is 2.57. The van der Waals surface area contributed by atoms with Crippen LogP contribution in [0.4, 0.5) is 0 Å². The van der Waals surface area contributed by atoms with Crippen molar-refractivity contribution in [3.8, 4) is 0 Å². The zero-order chi connectivity index (χ0) is 22.1. The van der Waals surface area contributed by atoms with Gasteiger partial charge in [-0.05, 0) is 44.9 Å². The second kappa shape index (κ2) is 16.3. The predicted molar refractivity (Wildman–Crippen MR) is 113 cm³/mol. The Morgan fingerprint density at radius 3 is 2.14 bits per heavy atom. The molecule has 0 rings (SSSR count). The Morgan fingerprint density at radius 1 is 1.03 bits per heavy atom. The normalized spacial score (nSPS) is 16.7. The zero-order valence-corrected chi connectivity index (χ0v) is 17.7. The van der Waals surface area contributed by atoms with Crippen LogP contribution in [0.2, 0.25) is 0 Å². The summed E-state index contributed by atoms with van der Waals surface area (Å²) in [5.41, 5.74) is 4.05. The molecule has 8 nitrogen and oxygen atoms in total. The van der Waals surface area contributed by atoms with Crippen molar-refractivity contribution in [1.29, 1.82) is 0 Å². The fourth-order valence-electron chi connectivity index (χ4n) is 3.04. The van der Waals surface area contributed by atoms with E-state index in [0.29, 0.717) is 0 Å². The molecule has 3 atom stereocenters. The quantitative estimate of drug-likeness (QED) is 0.0659. The molecule has 7 N–H and O–H groups in total. The van der Waals surface area contributed by atoms with E-state index in [0.717, 1.165) is 57.1 Å². The molecule has 0 amide bonds. The molecule has 0 aromatic rings. The SMILES string of the molecule is CCCCCC/C(CCCCCC/C=C/C[C@@H](O)[C@H](O)[C@@](N)(CO)C(=O)O)=N/O. The highest BCUT2D eigenvalue weighted by atomic mass is 16.4. The second-order valence-electron chi connectivity index (χ2n) is 7.65. The molecule has 170 valence electrons. The van der Waals surface area contributed by atoms with Crippen molar-refractivity contribution in [1.82, 2.24) is 0 Å². The summed E-state index contributed by atoms with van der Waals surface area (Å²) in [6.07, 6.45) is 11.7. The maximum absolute atomic E-state index is 11.0. The number of rotatable bonds is 18. The largest absolute Gasteiger partial charge is 0.480 e. The summed E-state index contributed by atoms with van der Waals surface area (Å²) in [5, 5.41) is 50.3. The summed E-state index contributed by atoms with van der Waals surface area (Å²) >= 11 is 0. The molecule has 0 unspecified atom stereocenters. The van der Waals surface area contributed by atoms with E-state index in [-0.39, 0.29) is 6.42 Å². The van der Waals surface area contributed by atoms with Crippen LogP contribution in [-0.4, -0.2) is 61.7 Å². The van der Waals surface area contributed by atoms with Crippen molar-refractivity contribution in [3.63, 3.8) is 0 Å². The molecular weight excluding hydrogens is 376 g/mol. The minimum absolute atomic E-state index is 0.0573. The number of hydrogen-bond donors (Lipinski definition) is 6. The lowest BCUT2D eigenvalue weighted by Crippen LogP contribution is -2.63. The van der Waals surface area contributed by atoms with Crippen LogP contribution >= 0.6 is 0 Å². The zero-order valence-electron chi connectivity index (χ0n) is 17.7. The number of hydrogen-bond acceptors (Lipinski definition) is 7. The van der Waals surface area contributed by atoms with Crippen molar-refractivity contribution in [3.05, 3.63) is 12.2 Å². The number of carboxylic acid groups (broad SMARTS) is 1. The van der Waals surface area contributed by atoms with Gasteiger partial charge in [-0.3, -0.25) is 4.79 Å². The van der Waals surface area contributed by atoms with E-state index in [1.54, 1.807) is 6.08 Å². The van der Waals surface area contributed by atoms with Gasteiger partial charge in [0.05, 0.1) is 18.4 Å². The summed E-state index contributed by atoms with van der Waals surface area (Å²) in [6.45, 7) is 1.20. The number of nitrogens with zero attached hydrogens (tertiary/aromatic N) is 1. The third-order valence-electron chi connectivity index (χ3n) is 5.14. The van der Waals surface area contributed by atoms with Crippen molar-refractivity contribution in [2.75, 3.05) is 6.61 Å². The molecule has 0 aliphatic heterocycles. The molecule has 29 heavy (non-hydrogen) atoms. The van der Waals surface area contributed by atoms with E-state index in [9.17, 15) is 15.0 Å². The third-order valence-corrected chi connectivity index (χ3v) is 5.14. The molecule has 0 saturated carbocycles. The Labute approximate surface area is 174 Å². The molecule has 0 heterocycles. The van der Waals surface area contributed by atoms with E-state index in [2.05, 4.69) is 12.1 Å². The first kappa shape index (κ1) is 27.5. The molecule has 0 fully saturated rings. The second-order valence-corrected chi connectivity index (χ2v) is 7.65. The lowest BCUT2D eigenvalue weighted by atomic mass is 9.89. The summed E-state index contributed by atoms with van der Waals surface area (Å²) in [7, 11) is 0. The maximum Gasteiger partial charge on any atom is 0.328 e. The van der Waals surface area contributed by atoms with Crippen molar-refractivity contribution >= 4 is 11.7 Å². The topological polar surface area (TPSA) is 157 Å². The summed E-state index contributed by atoms with van der Waals surface area (Å²) in [6, 6.07) is 0. The number of oxime groups is 1. The molecule has 0 spiro atoms. The van der Waals surface area contributed by atoms with Crippen LogP contribution in [0.15, 0.2) is 17.3 Å². The fourth-order valence-corrected chi connectivity index (χ4v) is 3.04. The standard InChI is InChI=1S/C21H40N2O6/c1-2-3-4-10-13-17(23-29)14-11-8-6-5-7-9-12-15-18(25)19(26)21(22,16-24)20(27)28/h9,12,18-19,24-26,29H,2-8,10-11,13-16,22H2,1H3,(H,27,28)/b12-9+,23-17-/t18-,19+,21+/m1/s1. The minimum atomic E-state index is -2.28. The molecule has 0 saturated heterocycles. The van der Waals surface area contributed by atoms with Gasteiger partial charge in [0.2, 0.25) is 0 Å². The third kappa shape index (κ3) is 11.3. The van der Waals surface area contributed by atoms with E-state index in [4.69, 9.17) is 21.2 Å². The highest BCUT2D eigenvalue weighted by Gasteiger charge is 2.44. The van der Waals surface area contributed by atoms with Gasteiger partial charge in [0.25, 0.3) is 0 Å². The van der Waals surface area contributed by atoms with Crippen LogP contribution in [0, 0.1) is 0 Å². The van der Waals surface area contributed by atoms with Gasteiger partial charge in [0.1, 0.15) is 6.10 Å². The molecule has 0 aliphatic carbocycles. The van der Waals surface area contributed by atoms with Crippen molar-refractivity contribution in [2.45, 2.75) is 102 Å². The highest BCUT2D eigenvalue weighted by Crippen LogP contribution is 2.15. The average Bonchev–Trinajstić information content (AvgIpc) is 2.72. The van der Waals surface area contributed by atoms with Crippen LogP contribution in [0.3, 0.4) is 0 Å². The summed E-state index contributed by atoms with van der Waals surface area (Å²) < 4.78 is 0. The van der Waals surface area contributed by atoms with Gasteiger partial charge in [-0.2, -0.15) is 0 Å². The van der Waals surface area contributed by atoms with Gasteiger partial charge in [-0.25, -0.2) is 0 Å². The summed E-state index contributed by atoms with van der Waals surface area (Å²) in [5.74, 6) is -1.56. The number of aliphatic hydroxyl groups excluding tert-OH is 3. The minimum Gasteiger partial charge on any atom is -0.480 e. The van der Waals surface area contributed by atoms with Gasteiger partial charge in [0, 0.05) is 0 Å². The molecule has 8 heteroatoms. The summed E-state index contributed by atoms with van der Waals surface area (Å²) in [4.78, 5) is 11.0. The molecule has 0 bridgehead atoms. The Hall–Kier alpha value is -1.48. The average molecular weight is 417 g/mol.